The second kappa shape index (κ2) is 34.2. The number of esters is 2. The average molecular weight is 827 g/mol. The number of carbonyl (C=O) groups is 2. The van der Waals surface area contributed by atoms with E-state index in [0.29, 0.717) is 12.8 Å². The summed E-state index contributed by atoms with van der Waals surface area (Å²) in [5.74, 6) is -2.05. The molecule has 0 saturated carbocycles. The number of hydrogen-bond donors (Lipinski definition) is 4. The highest BCUT2D eigenvalue weighted by Crippen LogP contribution is 2.24. The van der Waals surface area contributed by atoms with Crippen LogP contribution in [-0.2, 0) is 38.7 Å². The molecule has 0 aliphatic carbocycles. The first kappa shape index (κ1) is 52.4. The van der Waals surface area contributed by atoms with Crippen LogP contribution in [0.15, 0.2) is 60.8 Å². The lowest BCUT2D eigenvalue weighted by Gasteiger charge is -2.40. The molecule has 1 aliphatic heterocycles. The minimum absolute atomic E-state index is 0.123. The first-order valence-corrected chi connectivity index (χ1v) is 23.0. The normalized spacial score (nSPS) is 21.1. The number of carbonyl (C=O) groups excluding carboxylic acids is 2. The highest BCUT2D eigenvalue weighted by Gasteiger charge is 2.46. The molecule has 0 spiro atoms. The molecular weight excluding hydrogens is 753 g/mol. The van der Waals surface area contributed by atoms with Crippen molar-refractivity contribution in [1.82, 2.24) is 0 Å². The van der Waals surface area contributed by atoms with Gasteiger partial charge in [-0.2, -0.15) is 8.42 Å². The highest BCUT2D eigenvalue weighted by molar-refractivity contribution is 7.85. The number of rotatable bonds is 34. The van der Waals surface area contributed by atoms with Crippen molar-refractivity contribution in [3.63, 3.8) is 0 Å². The van der Waals surface area contributed by atoms with Crippen LogP contribution in [-0.4, -0.2) is 96.0 Å². The van der Waals surface area contributed by atoms with E-state index in [0.717, 1.165) is 83.5 Å². The van der Waals surface area contributed by atoms with Crippen LogP contribution in [0.25, 0.3) is 0 Å². The fourth-order valence-electron chi connectivity index (χ4n) is 6.01. The molecule has 1 rings (SSSR count). The summed E-state index contributed by atoms with van der Waals surface area (Å²) < 4.78 is 53.9. The summed E-state index contributed by atoms with van der Waals surface area (Å²) in [5.41, 5.74) is 0. The lowest BCUT2D eigenvalue weighted by molar-refractivity contribution is -0.297. The molecule has 1 aliphatic rings. The van der Waals surface area contributed by atoms with E-state index >= 15 is 0 Å². The zero-order chi connectivity index (χ0) is 42.0. The quantitative estimate of drug-likeness (QED) is 0.0211. The SMILES string of the molecule is CC/C=C\C/C=C\C/C=C\CCCCCC(=O)OC(COC(=O)CCCCCCC/C=C\C/C=C\CCCCCC)COC1OC(CS(=O)(=O)O)C(O)C(O)C1O. The van der Waals surface area contributed by atoms with Crippen LogP contribution in [0.1, 0.15) is 149 Å². The predicted molar refractivity (Wildman–Crippen MR) is 224 cm³/mol. The Hall–Kier alpha value is -2.65. The van der Waals surface area contributed by atoms with Gasteiger partial charge < -0.3 is 34.3 Å². The molecule has 0 amide bonds. The van der Waals surface area contributed by atoms with Gasteiger partial charge in [0.1, 0.15) is 36.8 Å². The van der Waals surface area contributed by atoms with Crippen molar-refractivity contribution in [2.75, 3.05) is 19.0 Å². The van der Waals surface area contributed by atoms with Crippen LogP contribution in [0.4, 0.5) is 0 Å². The van der Waals surface area contributed by atoms with E-state index in [1.54, 1.807) is 0 Å². The molecule has 1 fully saturated rings. The van der Waals surface area contributed by atoms with E-state index in [1.165, 1.54) is 25.7 Å². The minimum Gasteiger partial charge on any atom is -0.462 e. The van der Waals surface area contributed by atoms with Gasteiger partial charge in [0.05, 0.1) is 6.61 Å². The Morgan fingerprint density at radius 2 is 1.11 bits per heavy atom. The number of aliphatic hydroxyl groups excluding tert-OH is 3. The van der Waals surface area contributed by atoms with Gasteiger partial charge >= 0.3 is 11.9 Å². The summed E-state index contributed by atoms with van der Waals surface area (Å²) in [7, 11) is -4.61. The van der Waals surface area contributed by atoms with Crippen molar-refractivity contribution in [3.05, 3.63) is 60.8 Å². The Morgan fingerprint density at radius 3 is 1.67 bits per heavy atom. The van der Waals surface area contributed by atoms with Gasteiger partial charge in [0, 0.05) is 12.8 Å². The predicted octanol–water partition coefficient (Wildman–Crippen LogP) is 8.17. The number of aliphatic hydroxyl groups is 3. The number of unbranched alkanes of at least 4 members (excludes halogenated alkanes) is 12. The van der Waals surface area contributed by atoms with Crippen molar-refractivity contribution in [3.8, 4) is 0 Å². The van der Waals surface area contributed by atoms with Crippen LogP contribution >= 0.6 is 0 Å². The van der Waals surface area contributed by atoms with Crippen LogP contribution in [0.2, 0.25) is 0 Å². The van der Waals surface area contributed by atoms with E-state index in [2.05, 4.69) is 74.6 Å². The maximum absolute atomic E-state index is 12.8. The zero-order valence-corrected chi connectivity index (χ0v) is 35.5. The van der Waals surface area contributed by atoms with Gasteiger partial charge in [0.25, 0.3) is 10.1 Å². The third-order valence-electron chi connectivity index (χ3n) is 9.33. The van der Waals surface area contributed by atoms with Crippen LogP contribution in [0.5, 0.6) is 0 Å². The molecule has 0 aromatic heterocycles. The average Bonchev–Trinajstić information content (AvgIpc) is 3.17. The van der Waals surface area contributed by atoms with E-state index < -0.39 is 71.2 Å². The van der Waals surface area contributed by atoms with Gasteiger partial charge in [0.15, 0.2) is 12.4 Å². The molecule has 6 atom stereocenters. The van der Waals surface area contributed by atoms with E-state index in [9.17, 15) is 37.9 Å². The summed E-state index contributed by atoms with van der Waals surface area (Å²) in [5, 5.41) is 30.8. The molecule has 1 heterocycles. The number of allylic oxidation sites excluding steroid dienone is 10. The molecular formula is C44H74O12S. The molecule has 13 heteroatoms. The molecule has 328 valence electrons. The Balaban J connectivity index is 2.51. The summed E-state index contributed by atoms with van der Waals surface area (Å²) in [6, 6.07) is 0. The Morgan fingerprint density at radius 1 is 0.614 bits per heavy atom. The summed E-state index contributed by atoms with van der Waals surface area (Å²) in [6.45, 7) is 3.57. The first-order valence-electron chi connectivity index (χ1n) is 21.3. The molecule has 1 saturated heterocycles. The maximum Gasteiger partial charge on any atom is 0.306 e. The lowest BCUT2D eigenvalue weighted by atomic mass is 10.00. The van der Waals surface area contributed by atoms with Gasteiger partial charge in [-0.1, -0.05) is 120 Å². The minimum atomic E-state index is -4.61. The van der Waals surface area contributed by atoms with E-state index in [-0.39, 0.29) is 19.4 Å². The van der Waals surface area contributed by atoms with Crippen molar-refractivity contribution in [2.45, 2.75) is 185 Å². The number of ether oxygens (including phenoxy) is 4. The monoisotopic (exact) mass is 826 g/mol. The summed E-state index contributed by atoms with van der Waals surface area (Å²) in [4.78, 5) is 25.3. The summed E-state index contributed by atoms with van der Waals surface area (Å²) >= 11 is 0. The molecule has 0 aromatic rings. The topological polar surface area (TPSA) is 186 Å². The van der Waals surface area contributed by atoms with E-state index in [1.807, 2.05) is 0 Å². The third-order valence-corrected chi connectivity index (χ3v) is 10.1. The van der Waals surface area contributed by atoms with Gasteiger partial charge in [-0.25, -0.2) is 0 Å². The largest absolute Gasteiger partial charge is 0.462 e. The van der Waals surface area contributed by atoms with Gasteiger partial charge in [-0.05, 0) is 77.0 Å². The molecule has 4 N–H and O–H groups in total. The van der Waals surface area contributed by atoms with Crippen molar-refractivity contribution in [1.29, 1.82) is 0 Å². The zero-order valence-electron chi connectivity index (χ0n) is 34.7. The fraction of sp³-hybridized carbons (Fsp3) is 0.727. The molecule has 6 unspecified atom stereocenters. The second-order valence-corrected chi connectivity index (χ2v) is 16.1. The highest BCUT2D eigenvalue weighted by atomic mass is 32.2. The summed E-state index contributed by atoms with van der Waals surface area (Å²) in [6.07, 6.45) is 31.3. The maximum atomic E-state index is 12.8. The second-order valence-electron chi connectivity index (χ2n) is 14.6. The van der Waals surface area contributed by atoms with Gasteiger partial charge in [-0.15, -0.1) is 0 Å². The lowest BCUT2D eigenvalue weighted by Crippen LogP contribution is -2.60. The molecule has 0 radical (unpaired) electrons. The van der Waals surface area contributed by atoms with Crippen molar-refractivity contribution >= 4 is 22.1 Å². The van der Waals surface area contributed by atoms with E-state index in [4.69, 9.17) is 18.9 Å². The Kier molecular flexibility index (Phi) is 31.5. The third kappa shape index (κ3) is 29.2. The van der Waals surface area contributed by atoms with Crippen molar-refractivity contribution < 1.29 is 56.8 Å². The molecule has 0 bridgehead atoms. The first-order chi connectivity index (χ1) is 27.5. The Bertz CT molecular complexity index is 1290. The van der Waals surface area contributed by atoms with Gasteiger partial charge in [0.2, 0.25) is 0 Å². The molecule has 57 heavy (non-hydrogen) atoms. The van der Waals surface area contributed by atoms with Crippen LogP contribution in [0, 0.1) is 0 Å². The standard InChI is InChI=1S/C44H74O12S/c1-3-5-7-9-11-13-15-17-18-19-21-22-24-26-28-30-32-39(45)53-34-37(35-54-44-43(49)42(48)41(47)38(56-44)36-57(50,51)52)55-40(46)33-31-29-27-25-23-20-16-14-12-10-8-6-4-2/h6,8,12-15,18-20,23,37-38,41-44,47-49H,3-5,7,9-11,16-17,21-22,24-36H2,1-2H3,(H,50,51,52)/b8-6-,14-12-,15-13-,19-18-,23-20-. The number of hydrogen-bond acceptors (Lipinski definition) is 11. The molecule has 0 aromatic carbocycles. The van der Waals surface area contributed by atoms with Gasteiger partial charge in [-0.3, -0.25) is 14.1 Å². The van der Waals surface area contributed by atoms with Crippen molar-refractivity contribution in [2.24, 2.45) is 0 Å². The smallest absolute Gasteiger partial charge is 0.306 e. The van der Waals surface area contributed by atoms with Crippen LogP contribution in [0.3, 0.4) is 0 Å². The Labute approximate surface area is 343 Å². The van der Waals surface area contributed by atoms with Crippen LogP contribution < -0.4 is 0 Å². The fourth-order valence-corrected chi connectivity index (χ4v) is 6.70. The molecule has 12 nitrogen and oxygen atoms in total.